The van der Waals surface area contributed by atoms with Gasteiger partial charge in [-0.05, 0) is 42.4 Å². The van der Waals surface area contributed by atoms with Gasteiger partial charge < -0.3 is 14.9 Å². The van der Waals surface area contributed by atoms with Gasteiger partial charge in [0.25, 0.3) is 11.3 Å². The van der Waals surface area contributed by atoms with Gasteiger partial charge in [0, 0.05) is 23.0 Å². The number of halogens is 2. The molecular weight excluding hydrogens is 436 g/mol. The van der Waals surface area contributed by atoms with Crippen LogP contribution in [0, 0.1) is 0 Å². The monoisotopic (exact) mass is 455 g/mol. The first-order valence-corrected chi connectivity index (χ1v) is 10.7. The highest BCUT2D eigenvalue weighted by molar-refractivity contribution is 7.99. The van der Waals surface area contributed by atoms with E-state index < -0.39 is 11.7 Å². The Kier molecular flexibility index (Phi) is 6.31. The zero-order valence-electron chi connectivity index (χ0n) is 17.0. The molecule has 2 heterocycles. The maximum absolute atomic E-state index is 13.0. The smallest absolute Gasteiger partial charge is 0.291 e. The van der Waals surface area contributed by atoms with Crippen LogP contribution in [0.2, 0.25) is 0 Å². The van der Waals surface area contributed by atoms with Crippen molar-refractivity contribution in [3.8, 4) is 11.4 Å². The summed E-state index contributed by atoms with van der Waals surface area (Å²) < 4.78 is 27.4. The predicted octanol–water partition coefficient (Wildman–Crippen LogP) is 4.30. The lowest BCUT2D eigenvalue weighted by atomic mass is 10.1. The lowest BCUT2D eigenvalue weighted by Crippen LogP contribution is -2.19. The number of imidazole rings is 1. The molecule has 0 spiro atoms. The number of hydrogen-bond donors (Lipinski definition) is 2. The van der Waals surface area contributed by atoms with Crippen molar-refractivity contribution in [3.05, 3.63) is 70.6 Å². The van der Waals surface area contributed by atoms with Gasteiger partial charge in [0.2, 0.25) is 5.91 Å². The number of amides is 1. The maximum Gasteiger partial charge on any atom is 0.291 e. The highest BCUT2D eigenvalue weighted by Gasteiger charge is 2.18. The number of thioether (sulfide) groups is 1. The largest absolute Gasteiger partial charge is 0.325 e. The number of para-hydroxylation sites is 2. The second-order valence-electron chi connectivity index (χ2n) is 6.92. The highest BCUT2D eigenvalue weighted by atomic mass is 32.2. The molecule has 4 aromatic rings. The Bertz CT molecular complexity index is 1340. The minimum atomic E-state index is -2.65. The van der Waals surface area contributed by atoms with Crippen LogP contribution < -0.4 is 10.9 Å². The van der Waals surface area contributed by atoms with Crippen molar-refractivity contribution in [2.75, 3.05) is 5.32 Å². The number of fused-ring (bicyclic) bond motifs is 1. The molecule has 2 aromatic carbocycles. The van der Waals surface area contributed by atoms with E-state index in [0.29, 0.717) is 52.0 Å². The lowest BCUT2D eigenvalue weighted by Gasteiger charge is -2.11. The van der Waals surface area contributed by atoms with Gasteiger partial charge in [0.15, 0.2) is 5.16 Å². The van der Waals surface area contributed by atoms with Gasteiger partial charge in [-0.2, -0.15) is 8.78 Å². The Hall–Kier alpha value is -3.53. The molecule has 2 N–H and O–H groups in total. The van der Waals surface area contributed by atoms with Crippen LogP contribution in [0.3, 0.4) is 0 Å². The van der Waals surface area contributed by atoms with E-state index in [4.69, 9.17) is 0 Å². The highest BCUT2D eigenvalue weighted by Crippen LogP contribution is 2.28. The van der Waals surface area contributed by atoms with Crippen LogP contribution in [0.15, 0.2) is 64.5 Å². The number of nitrogens with zero attached hydrogens (tertiary/aromatic N) is 3. The molecule has 164 valence electrons. The average molecular weight is 455 g/mol. The SMILES string of the molecule is CCc1cc(=O)[nH]c(-c2cccc(NC(=O)Cn3c(SC(F)F)nc4ccccc43)c2)n1. The van der Waals surface area contributed by atoms with Crippen molar-refractivity contribution in [2.24, 2.45) is 0 Å². The standard InChI is InChI=1S/C22H19F2N5O2S/c1-2-14-11-18(30)28-20(26-14)13-6-5-7-15(10-13)25-19(31)12-29-17-9-4-3-8-16(17)27-22(29)32-21(23)24/h3-11,21H,2,12H2,1H3,(H,25,31)(H,26,28,30). The van der Waals surface area contributed by atoms with Crippen LogP contribution in [-0.2, 0) is 17.8 Å². The molecule has 0 aliphatic carbocycles. The number of alkyl halides is 2. The van der Waals surface area contributed by atoms with E-state index >= 15 is 0 Å². The Balaban J connectivity index is 1.58. The molecule has 0 atom stereocenters. The molecule has 1 amide bonds. The lowest BCUT2D eigenvalue weighted by molar-refractivity contribution is -0.116. The number of H-pyrrole nitrogens is 1. The quantitative estimate of drug-likeness (QED) is 0.405. The summed E-state index contributed by atoms with van der Waals surface area (Å²) in [5.41, 5.74) is 2.67. The number of benzene rings is 2. The summed E-state index contributed by atoms with van der Waals surface area (Å²) in [7, 11) is 0. The topological polar surface area (TPSA) is 92.7 Å². The van der Waals surface area contributed by atoms with Crippen molar-refractivity contribution in [2.45, 2.75) is 30.8 Å². The molecule has 0 radical (unpaired) electrons. The van der Waals surface area contributed by atoms with E-state index in [0.717, 1.165) is 0 Å². The molecule has 2 aromatic heterocycles. The number of anilines is 1. The molecule has 0 saturated heterocycles. The van der Waals surface area contributed by atoms with Gasteiger partial charge in [-0.15, -0.1) is 0 Å². The summed E-state index contributed by atoms with van der Waals surface area (Å²) >= 11 is 0.300. The number of hydrogen-bond acceptors (Lipinski definition) is 5. The molecule has 0 saturated carbocycles. The molecule has 0 fully saturated rings. The molecule has 0 aliphatic heterocycles. The van der Waals surface area contributed by atoms with Crippen molar-refractivity contribution in [1.29, 1.82) is 0 Å². The van der Waals surface area contributed by atoms with Gasteiger partial charge in [0.05, 0.1) is 11.0 Å². The summed E-state index contributed by atoms with van der Waals surface area (Å²) in [4.78, 5) is 35.9. The predicted molar refractivity (Wildman–Crippen MR) is 120 cm³/mol. The molecule has 7 nitrogen and oxygen atoms in total. The van der Waals surface area contributed by atoms with Gasteiger partial charge in [-0.25, -0.2) is 9.97 Å². The zero-order chi connectivity index (χ0) is 22.7. The fourth-order valence-electron chi connectivity index (χ4n) is 3.29. The zero-order valence-corrected chi connectivity index (χ0v) is 17.8. The minimum Gasteiger partial charge on any atom is -0.325 e. The van der Waals surface area contributed by atoms with Crippen LogP contribution in [0.1, 0.15) is 12.6 Å². The second-order valence-corrected chi connectivity index (χ2v) is 7.87. The van der Waals surface area contributed by atoms with Crippen molar-refractivity contribution in [1.82, 2.24) is 19.5 Å². The van der Waals surface area contributed by atoms with Crippen LogP contribution in [0.25, 0.3) is 22.4 Å². The molecule has 0 aliphatic rings. The fraction of sp³-hybridized carbons (Fsp3) is 0.182. The Morgan fingerprint density at radius 3 is 2.75 bits per heavy atom. The molecule has 32 heavy (non-hydrogen) atoms. The first-order chi connectivity index (χ1) is 15.4. The fourth-order valence-corrected chi connectivity index (χ4v) is 3.89. The number of rotatable bonds is 7. The Morgan fingerprint density at radius 2 is 1.97 bits per heavy atom. The van der Waals surface area contributed by atoms with Crippen LogP contribution >= 0.6 is 11.8 Å². The first kappa shape index (κ1) is 21.7. The van der Waals surface area contributed by atoms with Gasteiger partial charge in [0.1, 0.15) is 12.4 Å². The number of aromatic nitrogens is 4. The molecule has 10 heteroatoms. The summed E-state index contributed by atoms with van der Waals surface area (Å²) in [6, 6.07) is 15.3. The molecule has 0 unspecified atom stereocenters. The normalized spacial score (nSPS) is 11.2. The number of carbonyl (C=O) groups excluding carboxylic acids is 1. The summed E-state index contributed by atoms with van der Waals surface area (Å²) in [6.07, 6.45) is 0.616. The van der Waals surface area contributed by atoms with E-state index in [2.05, 4.69) is 20.3 Å². The number of aryl methyl sites for hydroxylation is 1. The van der Waals surface area contributed by atoms with E-state index in [1.165, 1.54) is 10.6 Å². The Labute approximate surface area is 185 Å². The molecular formula is C22H19F2N5O2S. The van der Waals surface area contributed by atoms with Gasteiger partial charge in [-0.1, -0.05) is 31.2 Å². The van der Waals surface area contributed by atoms with Crippen LogP contribution in [0.4, 0.5) is 14.5 Å². The van der Waals surface area contributed by atoms with E-state index in [-0.39, 0.29) is 17.3 Å². The molecule has 4 rings (SSSR count). The van der Waals surface area contributed by atoms with Crippen molar-refractivity contribution < 1.29 is 13.6 Å². The molecule has 0 bridgehead atoms. The van der Waals surface area contributed by atoms with Gasteiger partial charge in [-0.3, -0.25) is 9.59 Å². The maximum atomic E-state index is 13.0. The third-order valence-electron chi connectivity index (χ3n) is 4.69. The third kappa shape index (κ3) is 4.86. The van der Waals surface area contributed by atoms with E-state index in [1.54, 1.807) is 48.5 Å². The van der Waals surface area contributed by atoms with Crippen LogP contribution in [0.5, 0.6) is 0 Å². The number of carbonyl (C=O) groups is 1. The third-order valence-corrected chi connectivity index (χ3v) is 5.39. The van der Waals surface area contributed by atoms with Crippen molar-refractivity contribution in [3.63, 3.8) is 0 Å². The number of aromatic amines is 1. The Morgan fingerprint density at radius 1 is 1.16 bits per heavy atom. The first-order valence-electron chi connectivity index (χ1n) is 9.83. The minimum absolute atomic E-state index is 0.0725. The number of nitrogens with one attached hydrogen (secondary N) is 2. The second kappa shape index (κ2) is 9.31. The summed E-state index contributed by atoms with van der Waals surface area (Å²) in [5, 5.41) is 2.85. The summed E-state index contributed by atoms with van der Waals surface area (Å²) in [5.74, 6) is -2.65. The van der Waals surface area contributed by atoms with Crippen molar-refractivity contribution >= 4 is 34.4 Å². The van der Waals surface area contributed by atoms with Gasteiger partial charge >= 0.3 is 0 Å². The summed E-state index contributed by atoms with van der Waals surface area (Å²) in [6.45, 7) is 1.72. The van der Waals surface area contributed by atoms with Crippen LogP contribution in [-0.4, -0.2) is 31.2 Å². The van der Waals surface area contributed by atoms with E-state index in [9.17, 15) is 18.4 Å². The average Bonchev–Trinajstić information content (AvgIpc) is 3.09. The van der Waals surface area contributed by atoms with E-state index in [1.807, 2.05) is 6.92 Å².